The van der Waals surface area contributed by atoms with Crippen LogP contribution in [0.3, 0.4) is 0 Å². The second kappa shape index (κ2) is 9.29. The van der Waals surface area contributed by atoms with E-state index in [4.69, 9.17) is 0 Å². The first kappa shape index (κ1) is 19.1. The molecule has 0 aromatic carbocycles. The van der Waals surface area contributed by atoms with E-state index >= 15 is 0 Å². The van der Waals surface area contributed by atoms with Crippen molar-refractivity contribution in [1.29, 1.82) is 0 Å². The number of nitrogens with one attached hydrogen (secondary N) is 2. The van der Waals surface area contributed by atoms with Crippen LogP contribution in [-0.4, -0.2) is 34.3 Å². The van der Waals surface area contributed by atoms with Crippen LogP contribution >= 0.6 is 24.0 Å². The van der Waals surface area contributed by atoms with Gasteiger partial charge in [0.15, 0.2) is 11.8 Å². The summed E-state index contributed by atoms with van der Waals surface area (Å²) >= 11 is 0. The van der Waals surface area contributed by atoms with Gasteiger partial charge in [0.2, 0.25) is 0 Å². The minimum absolute atomic E-state index is 0. The van der Waals surface area contributed by atoms with Crippen molar-refractivity contribution in [3.05, 3.63) is 54.0 Å². The fourth-order valence-electron chi connectivity index (χ4n) is 2.08. The van der Waals surface area contributed by atoms with Gasteiger partial charge in [-0.15, -0.1) is 30.6 Å². The van der Waals surface area contributed by atoms with Gasteiger partial charge in [0.25, 0.3) is 0 Å². The van der Waals surface area contributed by atoms with E-state index in [2.05, 4.69) is 32.3 Å². The second-order valence-electron chi connectivity index (χ2n) is 4.96. The lowest BCUT2D eigenvalue weighted by atomic mass is 10.3. The molecule has 2 heterocycles. The zero-order valence-electron chi connectivity index (χ0n) is 13.7. The number of hydrogen-bond acceptors (Lipinski definition) is 3. The molecule has 6 nitrogen and oxygen atoms in total. The van der Waals surface area contributed by atoms with Gasteiger partial charge in [-0.25, -0.2) is 9.67 Å². The number of rotatable bonds is 5. The molecule has 0 saturated heterocycles. The Morgan fingerprint density at radius 2 is 2.13 bits per heavy atom. The van der Waals surface area contributed by atoms with E-state index in [1.807, 2.05) is 42.9 Å². The Labute approximate surface area is 154 Å². The first-order chi connectivity index (χ1) is 10.6. The normalized spacial score (nSPS) is 10.8. The van der Waals surface area contributed by atoms with Crippen molar-refractivity contribution in [2.24, 2.45) is 4.99 Å². The summed E-state index contributed by atoms with van der Waals surface area (Å²) in [6, 6.07) is 6.04. The van der Waals surface area contributed by atoms with Gasteiger partial charge in [0.05, 0.1) is 5.69 Å². The molecule has 0 spiro atoms. The molecule has 0 bridgehead atoms. The molecular formula is C16H23IN6. The maximum atomic E-state index is 4.47. The molecule has 2 aromatic heterocycles. The van der Waals surface area contributed by atoms with Gasteiger partial charge in [-0.3, -0.25) is 4.99 Å². The Balaban J connectivity index is 0.00000264. The van der Waals surface area contributed by atoms with Crippen molar-refractivity contribution >= 4 is 29.9 Å². The van der Waals surface area contributed by atoms with Crippen LogP contribution in [0.5, 0.6) is 0 Å². The van der Waals surface area contributed by atoms with E-state index in [1.165, 1.54) is 0 Å². The van der Waals surface area contributed by atoms with Gasteiger partial charge >= 0.3 is 0 Å². The summed E-state index contributed by atoms with van der Waals surface area (Å²) in [6.45, 7) is 8.99. The largest absolute Gasteiger partial charge is 0.353 e. The first-order valence-electron chi connectivity index (χ1n) is 7.18. The Hall–Kier alpha value is -1.90. The number of aromatic nitrogens is 3. The van der Waals surface area contributed by atoms with Crippen molar-refractivity contribution in [2.75, 3.05) is 13.6 Å². The molecule has 7 heteroatoms. The SMILES string of the molecule is C=CCNC(=NC)NCc1ccc(-n2nc(C)cc2C)nc1.I. The number of pyridine rings is 1. The average molecular weight is 426 g/mol. The monoisotopic (exact) mass is 426 g/mol. The van der Waals surface area contributed by atoms with E-state index in [1.54, 1.807) is 13.1 Å². The zero-order valence-corrected chi connectivity index (χ0v) is 16.0. The lowest BCUT2D eigenvalue weighted by molar-refractivity contribution is 0.797. The Bertz CT molecular complexity index is 660. The number of hydrogen-bond donors (Lipinski definition) is 2. The summed E-state index contributed by atoms with van der Waals surface area (Å²) in [5.74, 6) is 1.56. The summed E-state index contributed by atoms with van der Waals surface area (Å²) < 4.78 is 1.84. The third kappa shape index (κ3) is 5.34. The van der Waals surface area contributed by atoms with Crippen molar-refractivity contribution in [3.63, 3.8) is 0 Å². The van der Waals surface area contributed by atoms with Crippen LogP contribution in [0, 0.1) is 13.8 Å². The molecule has 0 saturated carbocycles. The molecule has 2 rings (SSSR count). The molecule has 0 atom stereocenters. The van der Waals surface area contributed by atoms with Crippen LogP contribution in [0.1, 0.15) is 17.0 Å². The molecular weight excluding hydrogens is 403 g/mol. The van der Waals surface area contributed by atoms with E-state index in [0.29, 0.717) is 13.1 Å². The molecule has 23 heavy (non-hydrogen) atoms. The molecule has 0 amide bonds. The predicted octanol–water partition coefficient (Wildman–Crippen LogP) is 2.35. The third-order valence-corrected chi connectivity index (χ3v) is 3.13. The minimum Gasteiger partial charge on any atom is -0.353 e. The second-order valence-corrected chi connectivity index (χ2v) is 4.96. The number of guanidine groups is 1. The number of aliphatic imine (C=N–C) groups is 1. The maximum Gasteiger partial charge on any atom is 0.191 e. The van der Waals surface area contributed by atoms with Gasteiger partial charge in [0.1, 0.15) is 0 Å². The summed E-state index contributed by atoms with van der Waals surface area (Å²) in [6.07, 6.45) is 3.64. The predicted molar refractivity (Wildman–Crippen MR) is 105 cm³/mol. The van der Waals surface area contributed by atoms with Crippen molar-refractivity contribution in [2.45, 2.75) is 20.4 Å². The van der Waals surface area contributed by atoms with Crippen molar-refractivity contribution in [3.8, 4) is 5.82 Å². The van der Waals surface area contributed by atoms with Gasteiger partial charge in [-0.2, -0.15) is 5.10 Å². The quantitative estimate of drug-likeness (QED) is 0.334. The van der Waals surface area contributed by atoms with Crippen LogP contribution in [-0.2, 0) is 6.54 Å². The fraction of sp³-hybridized carbons (Fsp3) is 0.312. The maximum absolute atomic E-state index is 4.47. The van der Waals surface area contributed by atoms with Gasteiger partial charge < -0.3 is 10.6 Å². The van der Waals surface area contributed by atoms with E-state index in [9.17, 15) is 0 Å². The van der Waals surface area contributed by atoms with Crippen LogP contribution in [0.15, 0.2) is 42.0 Å². The molecule has 2 N–H and O–H groups in total. The summed E-state index contributed by atoms with van der Waals surface area (Å²) in [5.41, 5.74) is 3.14. The molecule has 0 aliphatic carbocycles. The minimum atomic E-state index is 0. The Morgan fingerprint density at radius 3 is 2.65 bits per heavy atom. The highest BCUT2D eigenvalue weighted by atomic mass is 127. The molecule has 0 unspecified atom stereocenters. The van der Waals surface area contributed by atoms with Crippen LogP contribution in [0.2, 0.25) is 0 Å². The Kier molecular flexibility index (Phi) is 7.73. The Morgan fingerprint density at radius 1 is 1.35 bits per heavy atom. The summed E-state index contributed by atoms with van der Waals surface area (Å²) in [7, 11) is 1.74. The zero-order chi connectivity index (χ0) is 15.9. The van der Waals surface area contributed by atoms with Gasteiger partial charge in [-0.05, 0) is 31.5 Å². The first-order valence-corrected chi connectivity index (χ1v) is 7.18. The van der Waals surface area contributed by atoms with Crippen LogP contribution in [0.4, 0.5) is 0 Å². The molecule has 0 fully saturated rings. The van der Waals surface area contributed by atoms with E-state index < -0.39 is 0 Å². The van der Waals surface area contributed by atoms with Gasteiger partial charge in [0, 0.05) is 32.0 Å². The molecule has 0 radical (unpaired) electrons. The molecule has 2 aromatic rings. The summed E-state index contributed by atoms with van der Waals surface area (Å²) in [4.78, 5) is 8.61. The van der Waals surface area contributed by atoms with Crippen molar-refractivity contribution in [1.82, 2.24) is 25.4 Å². The lowest BCUT2D eigenvalue weighted by Crippen LogP contribution is -2.36. The lowest BCUT2D eigenvalue weighted by Gasteiger charge is -2.10. The highest BCUT2D eigenvalue weighted by molar-refractivity contribution is 14.0. The van der Waals surface area contributed by atoms with Crippen LogP contribution < -0.4 is 10.6 Å². The molecule has 0 aliphatic heterocycles. The van der Waals surface area contributed by atoms with Crippen molar-refractivity contribution < 1.29 is 0 Å². The van der Waals surface area contributed by atoms with E-state index in [0.717, 1.165) is 28.7 Å². The smallest absolute Gasteiger partial charge is 0.191 e. The molecule has 124 valence electrons. The van der Waals surface area contributed by atoms with Gasteiger partial charge in [-0.1, -0.05) is 12.1 Å². The molecule has 0 aliphatic rings. The number of halogens is 1. The summed E-state index contributed by atoms with van der Waals surface area (Å²) in [5, 5.41) is 10.8. The standard InChI is InChI=1S/C16H22N6.HI/c1-5-8-18-16(17-4)20-11-14-6-7-15(19-10-14)22-13(3)9-12(2)21-22;/h5-7,9-10H,1,8,11H2,2-4H3,(H2,17,18,20);1H. The topological polar surface area (TPSA) is 67.1 Å². The number of nitrogens with zero attached hydrogens (tertiary/aromatic N) is 4. The average Bonchev–Trinajstić information content (AvgIpc) is 2.87. The number of aryl methyl sites for hydroxylation is 2. The van der Waals surface area contributed by atoms with E-state index in [-0.39, 0.29) is 24.0 Å². The fourth-order valence-corrected chi connectivity index (χ4v) is 2.08. The highest BCUT2D eigenvalue weighted by Crippen LogP contribution is 2.10. The highest BCUT2D eigenvalue weighted by Gasteiger charge is 2.05. The van der Waals surface area contributed by atoms with Crippen LogP contribution in [0.25, 0.3) is 5.82 Å². The third-order valence-electron chi connectivity index (χ3n) is 3.13.